The van der Waals surface area contributed by atoms with Crippen molar-refractivity contribution in [2.45, 2.75) is 32.8 Å². The molecule has 0 saturated carbocycles. The van der Waals surface area contributed by atoms with E-state index in [1.807, 2.05) is 0 Å². The van der Waals surface area contributed by atoms with Gasteiger partial charge in [0.2, 0.25) is 0 Å². The summed E-state index contributed by atoms with van der Waals surface area (Å²) in [4.78, 5) is 25.8. The van der Waals surface area contributed by atoms with Crippen molar-refractivity contribution in [2.75, 3.05) is 19.7 Å². The maximum absolute atomic E-state index is 12.9. The summed E-state index contributed by atoms with van der Waals surface area (Å²) >= 11 is 0. The predicted octanol–water partition coefficient (Wildman–Crippen LogP) is 2.39. The fraction of sp³-hybridized carbons (Fsp3) is 0.529. The number of carbonyl (C=O) groups excluding carboxylic acids is 2. The second-order valence-electron chi connectivity index (χ2n) is 5.57. The van der Waals surface area contributed by atoms with E-state index in [1.54, 1.807) is 18.7 Å². The van der Waals surface area contributed by atoms with Gasteiger partial charge < -0.3 is 14.4 Å². The summed E-state index contributed by atoms with van der Waals surface area (Å²) in [6.45, 7) is 4.85. The summed E-state index contributed by atoms with van der Waals surface area (Å²) < 4.78 is 23.4. The molecule has 0 radical (unpaired) electrons. The van der Waals surface area contributed by atoms with Crippen molar-refractivity contribution < 1.29 is 23.5 Å². The molecule has 0 unspecified atom stereocenters. The Balaban J connectivity index is 1.84. The van der Waals surface area contributed by atoms with Crippen molar-refractivity contribution in [2.24, 2.45) is 5.92 Å². The molecule has 1 aromatic carbocycles. The Bertz CT molecular complexity index is 538. The van der Waals surface area contributed by atoms with Gasteiger partial charge in [-0.3, -0.25) is 9.59 Å². The van der Waals surface area contributed by atoms with Crippen LogP contribution in [-0.2, 0) is 14.3 Å². The smallest absolute Gasteiger partial charge is 0.309 e. The van der Waals surface area contributed by atoms with E-state index < -0.39 is 6.10 Å². The molecule has 0 spiro atoms. The number of piperidine rings is 1. The van der Waals surface area contributed by atoms with E-state index in [0.29, 0.717) is 38.3 Å². The predicted molar refractivity (Wildman–Crippen MR) is 82.4 cm³/mol. The lowest BCUT2D eigenvalue weighted by molar-refractivity contribution is -0.152. The summed E-state index contributed by atoms with van der Waals surface area (Å²) in [5, 5.41) is 0. The Morgan fingerprint density at radius 3 is 2.43 bits per heavy atom. The first kappa shape index (κ1) is 17.2. The molecule has 1 saturated heterocycles. The van der Waals surface area contributed by atoms with Crippen molar-refractivity contribution >= 4 is 11.9 Å². The molecule has 1 atom stereocenters. The maximum atomic E-state index is 12.9. The first-order valence-corrected chi connectivity index (χ1v) is 7.89. The van der Waals surface area contributed by atoms with Crippen LogP contribution in [0.3, 0.4) is 0 Å². The second kappa shape index (κ2) is 7.94. The normalized spacial score (nSPS) is 16.7. The van der Waals surface area contributed by atoms with E-state index in [4.69, 9.17) is 9.47 Å². The zero-order valence-electron chi connectivity index (χ0n) is 13.5. The Kier molecular flexibility index (Phi) is 5.96. The van der Waals surface area contributed by atoms with E-state index in [-0.39, 0.29) is 23.6 Å². The third-order valence-corrected chi connectivity index (χ3v) is 3.90. The molecule has 1 aromatic rings. The highest BCUT2D eigenvalue weighted by molar-refractivity contribution is 5.81. The van der Waals surface area contributed by atoms with Crippen LogP contribution in [0.2, 0.25) is 0 Å². The van der Waals surface area contributed by atoms with E-state index >= 15 is 0 Å². The van der Waals surface area contributed by atoms with Crippen molar-refractivity contribution in [3.63, 3.8) is 0 Å². The Morgan fingerprint density at radius 1 is 1.26 bits per heavy atom. The van der Waals surface area contributed by atoms with Gasteiger partial charge in [0, 0.05) is 13.1 Å². The van der Waals surface area contributed by atoms with Crippen LogP contribution in [0.1, 0.15) is 26.7 Å². The van der Waals surface area contributed by atoms with Gasteiger partial charge in [-0.1, -0.05) is 0 Å². The van der Waals surface area contributed by atoms with Crippen LogP contribution in [0.4, 0.5) is 4.39 Å². The molecule has 0 bridgehead atoms. The number of esters is 1. The molecule has 1 fully saturated rings. The highest BCUT2D eigenvalue weighted by atomic mass is 19.1. The standard InChI is InChI=1S/C17H22FNO4/c1-3-22-17(21)13-8-10-19(11-9-13)16(20)12(2)23-15-6-4-14(18)5-7-15/h4-7,12-13H,3,8-11H2,1-2H3/t12-/m0/s1. The monoisotopic (exact) mass is 323 g/mol. The van der Waals surface area contributed by atoms with E-state index in [9.17, 15) is 14.0 Å². The number of halogens is 1. The topological polar surface area (TPSA) is 55.8 Å². The zero-order chi connectivity index (χ0) is 16.8. The van der Waals surface area contributed by atoms with Crippen LogP contribution in [0, 0.1) is 11.7 Å². The lowest BCUT2D eigenvalue weighted by Crippen LogP contribution is -2.45. The van der Waals surface area contributed by atoms with Crippen LogP contribution < -0.4 is 4.74 Å². The molecule has 23 heavy (non-hydrogen) atoms. The molecular weight excluding hydrogens is 301 g/mol. The number of likely N-dealkylation sites (tertiary alicyclic amines) is 1. The fourth-order valence-electron chi connectivity index (χ4n) is 2.62. The zero-order valence-corrected chi connectivity index (χ0v) is 13.5. The number of carbonyl (C=O) groups is 2. The van der Waals surface area contributed by atoms with E-state index in [2.05, 4.69) is 0 Å². The van der Waals surface area contributed by atoms with Gasteiger partial charge in [0.05, 0.1) is 12.5 Å². The minimum absolute atomic E-state index is 0.128. The van der Waals surface area contributed by atoms with Crippen LogP contribution in [0.15, 0.2) is 24.3 Å². The van der Waals surface area contributed by atoms with Gasteiger partial charge in [0.1, 0.15) is 11.6 Å². The van der Waals surface area contributed by atoms with Crippen LogP contribution in [0.5, 0.6) is 5.75 Å². The Morgan fingerprint density at radius 2 is 1.87 bits per heavy atom. The average Bonchev–Trinajstić information content (AvgIpc) is 2.56. The van der Waals surface area contributed by atoms with Gasteiger partial charge in [-0.2, -0.15) is 0 Å². The lowest BCUT2D eigenvalue weighted by Gasteiger charge is -2.32. The molecule has 0 aromatic heterocycles. The number of ether oxygens (including phenoxy) is 2. The van der Waals surface area contributed by atoms with Crippen LogP contribution >= 0.6 is 0 Å². The summed E-state index contributed by atoms with van der Waals surface area (Å²) in [7, 11) is 0. The summed E-state index contributed by atoms with van der Waals surface area (Å²) in [6, 6.07) is 5.56. The molecule has 5 nitrogen and oxygen atoms in total. The highest BCUT2D eigenvalue weighted by Crippen LogP contribution is 2.20. The van der Waals surface area contributed by atoms with Crippen LogP contribution in [-0.4, -0.2) is 42.6 Å². The number of nitrogens with zero attached hydrogens (tertiary/aromatic N) is 1. The lowest BCUT2D eigenvalue weighted by atomic mass is 9.97. The molecule has 1 aliphatic heterocycles. The van der Waals surface area contributed by atoms with Gasteiger partial charge in [0.25, 0.3) is 5.91 Å². The van der Waals surface area contributed by atoms with Crippen molar-refractivity contribution in [3.05, 3.63) is 30.1 Å². The molecule has 1 aliphatic rings. The first-order valence-electron chi connectivity index (χ1n) is 7.89. The number of hydrogen-bond donors (Lipinski definition) is 0. The number of benzene rings is 1. The van der Waals surface area contributed by atoms with Crippen molar-refractivity contribution in [1.29, 1.82) is 0 Å². The molecule has 0 aliphatic carbocycles. The van der Waals surface area contributed by atoms with E-state index in [0.717, 1.165) is 0 Å². The van der Waals surface area contributed by atoms with Crippen LogP contribution in [0.25, 0.3) is 0 Å². The minimum Gasteiger partial charge on any atom is -0.481 e. The minimum atomic E-state index is -0.653. The molecule has 6 heteroatoms. The maximum Gasteiger partial charge on any atom is 0.309 e. The number of hydrogen-bond acceptors (Lipinski definition) is 4. The van der Waals surface area contributed by atoms with Gasteiger partial charge in [-0.25, -0.2) is 4.39 Å². The molecule has 1 amide bonds. The Hall–Kier alpha value is -2.11. The van der Waals surface area contributed by atoms with Crippen molar-refractivity contribution in [3.8, 4) is 5.75 Å². The van der Waals surface area contributed by atoms with Crippen molar-refractivity contribution in [1.82, 2.24) is 4.90 Å². The highest BCUT2D eigenvalue weighted by Gasteiger charge is 2.30. The fourth-order valence-corrected chi connectivity index (χ4v) is 2.62. The quantitative estimate of drug-likeness (QED) is 0.781. The van der Waals surface area contributed by atoms with E-state index in [1.165, 1.54) is 24.3 Å². The van der Waals surface area contributed by atoms with Gasteiger partial charge in [0.15, 0.2) is 6.10 Å². The van der Waals surface area contributed by atoms with Gasteiger partial charge in [-0.05, 0) is 51.0 Å². The molecule has 0 N–H and O–H groups in total. The first-order chi connectivity index (χ1) is 11.0. The summed E-state index contributed by atoms with van der Waals surface area (Å²) in [6.07, 6.45) is 0.557. The van der Waals surface area contributed by atoms with Gasteiger partial charge in [-0.15, -0.1) is 0 Å². The largest absolute Gasteiger partial charge is 0.481 e. The molecular formula is C17H22FNO4. The third-order valence-electron chi connectivity index (χ3n) is 3.90. The Labute approximate surface area is 135 Å². The number of rotatable bonds is 5. The SMILES string of the molecule is CCOC(=O)C1CCN(C(=O)[C@H](C)Oc2ccc(F)cc2)CC1. The molecule has 1 heterocycles. The number of amides is 1. The van der Waals surface area contributed by atoms with Gasteiger partial charge >= 0.3 is 5.97 Å². The summed E-state index contributed by atoms with van der Waals surface area (Å²) in [5.41, 5.74) is 0. The molecule has 126 valence electrons. The summed E-state index contributed by atoms with van der Waals surface area (Å²) in [5.74, 6) is -0.342. The third kappa shape index (κ3) is 4.68. The molecule has 2 rings (SSSR count). The second-order valence-corrected chi connectivity index (χ2v) is 5.57. The average molecular weight is 323 g/mol.